The molecular weight excluding hydrogens is 400 g/mol. The van der Waals surface area contributed by atoms with Crippen molar-refractivity contribution in [1.29, 1.82) is 0 Å². The van der Waals surface area contributed by atoms with E-state index in [4.69, 9.17) is 18.9 Å². The van der Waals surface area contributed by atoms with Crippen LogP contribution in [0, 0.1) is 0 Å². The normalized spacial score (nSPS) is 13.6. The molecule has 2 unspecified atom stereocenters. The fourth-order valence-corrected chi connectivity index (χ4v) is 3.04. The number of benzene rings is 2. The second kappa shape index (κ2) is 9.90. The van der Waals surface area contributed by atoms with Crippen LogP contribution >= 0.6 is 0 Å². The van der Waals surface area contributed by atoms with Gasteiger partial charge in [-0.05, 0) is 18.1 Å². The van der Waals surface area contributed by atoms with Gasteiger partial charge in [0, 0.05) is 0 Å². The summed E-state index contributed by atoms with van der Waals surface area (Å²) in [5.74, 6) is -0.875. The third-order valence-corrected chi connectivity index (χ3v) is 4.75. The molecule has 8 nitrogen and oxygen atoms in total. The summed E-state index contributed by atoms with van der Waals surface area (Å²) in [5.41, 5.74) is 0.170. The van der Waals surface area contributed by atoms with E-state index >= 15 is 0 Å². The molecule has 8 heteroatoms. The molecule has 0 saturated heterocycles. The van der Waals surface area contributed by atoms with Crippen LogP contribution in [0.5, 0.6) is 17.8 Å². The van der Waals surface area contributed by atoms with Crippen LogP contribution in [0.3, 0.4) is 0 Å². The average Bonchev–Trinajstić information content (AvgIpc) is 2.81. The molecule has 0 spiro atoms. The van der Waals surface area contributed by atoms with Crippen molar-refractivity contribution >= 4 is 5.97 Å². The molecular formula is C23H24N2O6. The average molecular weight is 424 g/mol. The van der Waals surface area contributed by atoms with Crippen LogP contribution in [0.15, 0.2) is 66.7 Å². The summed E-state index contributed by atoms with van der Waals surface area (Å²) in [5, 5.41) is 10.1. The Morgan fingerprint density at radius 3 is 2.03 bits per heavy atom. The van der Waals surface area contributed by atoms with Crippen LogP contribution < -0.4 is 14.2 Å². The number of carboxylic acid groups (broad SMARTS) is 1. The standard InChI is InChI=1S/C23H24N2O6/c1-23(17-12-8-5-9-13-17,30-15-16-10-6-4-7-11-16)20(21(26)27)31-22-24-18(28-2)14-19(25-22)29-3/h4-14,20H,15H2,1-3H3,(H,26,27). The predicted octanol–water partition coefficient (Wildman–Crippen LogP) is 3.46. The SMILES string of the molecule is COc1cc(OC)nc(OC(C(=O)O)C(C)(OCc2ccccc2)c2ccccc2)n1. The number of hydrogen-bond acceptors (Lipinski definition) is 7. The number of aliphatic carboxylic acids is 1. The van der Waals surface area contributed by atoms with Crippen LogP contribution in [0.4, 0.5) is 0 Å². The molecule has 1 aromatic heterocycles. The Labute approximate surface area is 180 Å². The Morgan fingerprint density at radius 1 is 0.968 bits per heavy atom. The van der Waals surface area contributed by atoms with Crippen LogP contribution in [0.25, 0.3) is 0 Å². The van der Waals surface area contributed by atoms with Crippen molar-refractivity contribution in [3.05, 3.63) is 77.9 Å². The largest absolute Gasteiger partial charge is 0.481 e. The summed E-state index contributed by atoms with van der Waals surface area (Å²) < 4.78 is 22.2. The molecule has 2 aromatic carbocycles. The molecule has 3 rings (SSSR count). The second-order valence-electron chi connectivity index (χ2n) is 6.82. The van der Waals surface area contributed by atoms with Gasteiger partial charge in [-0.2, -0.15) is 9.97 Å². The fourth-order valence-electron chi connectivity index (χ4n) is 3.04. The number of hydrogen-bond donors (Lipinski definition) is 1. The van der Waals surface area contributed by atoms with Gasteiger partial charge in [0.25, 0.3) is 0 Å². The van der Waals surface area contributed by atoms with Gasteiger partial charge in [-0.25, -0.2) is 4.79 Å². The molecule has 3 aromatic rings. The lowest BCUT2D eigenvalue weighted by atomic mass is 9.89. The number of carboxylic acids is 1. The van der Waals surface area contributed by atoms with Crippen LogP contribution in [-0.4, -0.2) is 41.4 Å². The minimum Gasteiger partial charge on any atom is -0.481 e. The highest BCUT2D eigenvalue weighted by molar-refractivity contribution is 5.75. The fraction of sp³-hybridized carbons (Fsp3) is 0.261. The van der Waals surface area contributed by atoms with Gasteiger partial charge in [0.05, 0.1) is 26.9 Å². The van der Waals surface area contributed by atoms with Crippen molar-refractivity contribution in [1.82, 2.24) is 9.97 Å². The molecule has 0 fully saturated rings. The first-order valence-electron chi connectivity index (χ1n) is 9.56. The lowest BCUT2D eigenvalue weighted by Gasteiger charge is -2.35. The summed E-state index contributed by atoms with van der Waals surface area (Å²) in [7, 11) is 2.86. The van der Waals surface area contributed by atoms with E-state index in [1.165, 1.54) is 20.3 Å². The Hall–Kier alpha value is -3.65. The Bertz CT molecular complexity index is 977. The first-order chi connectivity index (χ1) is 15.0. The van der Waals surface area contributed by atoms with E-state index in [1.54, 1.807) is 19.1 Å². The maximum Gasteiger partial charge on any atom is 0.348 e. The van der Waals surface area contributed by atoms with Gasteiger partial charge < -0.3 is 24.1 Å². The molecule has 1 heterocycles. The quantitative estimate of drug-likeness (QED) is 0.528. The molecule has 0 aliphatic carbocycles. The lowest BCUT2D eigenvalue weighted by Crippen LogP contribution is -2.48. The lowest BCUT2D eigenvalue weighted by molar-refractivity contribution is -0.170. The second-order valence-corrected chi connectivity index (χ2v) is 6.82. The third kappa shape index (κ3) is 5.29. The summed E-state index contributed by atoms with van der Waals surface area (Å²) in [6, 6.07) is 19.8. The van der Waals surface area contributed by atoms with Crippen LogP contribution in [0.1, 0.15) is 18.1 Å². The van der Waals surface area contributed by atoms with E-state index in [0.717, 1.165) is 5.56 Å². The Balaban J connectivity index is 1.99. The van der Waals surface area contributed by atoms with Gasteiger partial charge in [-0.15, -0.1) is 0 Å². The van der Waals surface area contributed by atoms with Crippen LogP contribution in [-0.2, 0) is 21.7 Å². The number of methoxy groups -OCH3 is 2. The maximum absolute atomic E-state index is 12.3. The van der Waals surface area contributed by atoms with Gasteiger partial charge >= 0.3 is 12.0 Å². The molecule has 0 bridgehead atoms. The van der Waals surface area contributed by atoms with Crippen molar-refractivity contribution in [2.75, 3.05) is 14.2 Å². The molecule has 162 valence electrons. The van der Waals surface area contributed by atoms with Gasteiger partial charge in [-0.3, -0.25) is 0 Å². The number of nitrogens with zero attached hydrogens (tertiary/aromatic N) is 2. The zero-order valence-electron chi connectivity index (χ0n) is 17.5. The van der Waals surface area contributed by atoms with Crippen molar-refractivity contribution in [3.63, 3.8) is 0 Å². The summed E-state index contributed by atoms with van der Waals surface area (Å²) >= 11 is 0. The monoisotopic (exact) mass is 424 g/mol. The first kappa shape index (κ1) is 22.0. The Kier molecular flexibility index (Phi) is 7.04. The molecule has 2 atom stereocenters. The minimum absolute atomic E-state index is 0.178. The van der Waals surface area contributed by atoms with Gasteiger partial charge in [0.1, 0.15) is 5.60 Å². The maximum atomic E-state index is 12.3. The number of ether oxygens (including phenoxy) is 4. The van der Waals surface area contributed by atoms with E-state index < -0.39 is 17.7 Å². The molecule has 1 N–H and O–H groups in total. The predicted molar refractivity (Wildman–Crippen MR) is 112 cm³/mol. The van der Waals surface area contributed by atoms with E-state index in [0.29, 0.717) is 5.56 Å². The van der Waals surface area contributed by atoms with Crippen molar-refractivity contribution in [2.24, 2.45) is 0 Å². The van der Waals surface area contributed by atoms with E-state index in [-0.39, 0.29) is 24.4 Å². The highest BCUT2D eigenvalue weighted by Crippen LogP contribution is 2.33. The molecule has 0 amide bonds. The number of carbonyl (C=O) groups is 1. The summed E-state index contributed by atoms with van der Waals surface area (Å²) in [6.07, 6.45) is -1.46. The smallest absolute Gasteiger partial charge is 0.348 e. The summed E-state index contributed by atoms with van der Waals surface area (Å²) in [6.45, 7) is 1.85. The zero-order chi connectivity index (χ0) is 22.3. The van der Waals surface area contributed by atoms with E-state index in [1.807, 2.05) is 48.5 Å². The molecule has 0 saturated carbocycles. The molecule has 0 radical (unpaired) electrons. The van der Waals surface area contributed by atoms with E-state index in [9.17, 15) is 9.90 Å². The topological polar surface area (TPSA) is 100 Å². The summed E-state index contributed by atoms with van der Waals surface area (Å²) in [4.78, 5) is 20.5. The molecule has 0 aliphatic heterocycles. The zero-order valence-corrected chi connectivity index (χ0v) is 17.5. The first-order valence-corrected chi connectivity index (χ1v) is 9.56. The third-order valence-electron chi connectivity index (χ3n) is 4.75. The molecule has 31 heavy (non-hydrogen) atoms. The van der Waals surface area contributed by atoms with Crippen LogP contribution in [0.2, 0.25) is 0 Å². The Morgan fingerprint density at radius 2 is 1.52 bits per heavy atom. The van der Waals surface area contributed by atoms with Crippen molar-refractivity contribution in [3.8, 4) is 17.8 Å². The highest BCUT2D eigenvalue weighted by Gasteiger charge is 2.45. The van der Waals surface area contributed by atoms with Gasteiger partial charge in [0.2, 0.25) is 17.9 Å². The van der Waals surface area contributed by atoms with Crippen molar-refractivity contribution < 1.29 is 28.8 Å². The van der Waals surface area contributed by atoms with E-state index in [2.05, 4.69) is 9.97 Å². The highest BCUT2D eigenvalue weighted by atomic mass is 16.6. The molecule has 0 aliphatic rings. The van der Waals surface area contributed by atoms with Crippen molar-refractivity contribution in [2.45, 2.75) is 25.2 Å². The number of rotatable bonds is 10. The van der Waals surface area contributed by atoms with Gasteiger partial charge in [0.15, 0.2) is 0 Å². The minimum atomic E-state index is -1.46. The number of aromatic nitrogens is 2. The van der Waals surface area contributed by atoms with Gasteiger partial charge in [-0.1, -0.05) is 60.7 Å².